The van der Waals surface area contributed by atoms with Gasteiger partial charge < -0.3 is 0 Å². The highest BCUT2D eigenvalue weighted by Gasteiger charge is 2.12. The molecule has 0 heterocycles. The lowest BCUT2D eigenvalue weighted by Gasteiger charge is -2.20. The van der Waals surface area contributed by atoms with Gasteiger partial charge in [-0.1, -0.05) is 24.6 Å². The highest BCUT2D eigenvalue weighted by Crippen LogP contribution is 2.29. The first kappa shape index (κ1) is 8.58. The quantitative estimate of drug-likeness (QED) is 0.534. The first-order valence-electron chi connectivity index (χ1n) is 4.55. The summed E-state index contributed by atoms with van der Waals surface area (Å²) in [6.07, 6.45) is 8.39. The van der Waals surface area contributed by atoms with Crippen LogP contribution in [0.1, 0.15) is 40.0 Å². The zero-order valence-corrected chi connectivity index (χ0v) is 7.85. The molecule has 1 unspecified atom stereocenters. The maximum atomic E-state index is 2.34. The molecule has 0 spiro atoms. The zero-order valence-electron chi connectivity index (χ0n) is 7.85. The Balaban J connectivity index is 2.71. The third kappa shape index (κ3) is 2.21. The largest absolute Gasteiger partial charge is 0.0874 e. The molecule has 0 fully saturated rings. The van der Waals surface area contributed by atoms with Crippen LogP contribution in [0.4, 0.5) is 0 Å². The van der Waals surface area contributed by atoms with Crippen molar-refractivity contribution in [3.63, 3.8) is 0 Å². The van der Waals surface area contributed by atoms with Crippen molar-refractivity contribution in [1.29, 1.82) is 0 Å². The van der Waals surface area contributed by atoms with Crippen LogP contribution in [0.5, 0.6) is 0 Å². The van der Waals surface area contributed by atoms with Gasteiger partial charge in [0.05, 0.1) is 0 Å². The van der Waals surface area contributed by atoms with E-state index in [1.54, 1.807) is 11.1 Å². The van der Waals surface area contributed by atoms with Crippen molar-refractivity contribution in [2.45, 2.75) is 40.0 Å². The van der Waals surface area contributed by atoms with Crippen LogP contribution in [-0.2, 0) is 0 Å². The Hall–Kier alpha value is -0.520. The van der Waals surface area contributed by atoms with Crippen molar-refractivity contribution in [2.24, 2.45) is 5.92 Å². The van der Waals surface area contributed by atoms with E-state index in [1.165, 1.54) is 19.3 Å². The van der Waals surface area contributed by atoms with Crippen molar-refractivity contribution in [3.8, 4) is 0 Å². The summed E-state index contributed by atoms with van der Waals surface area (Å²) in [5.74, 6) is 0.893. The van der Waals surface area contributed by atoms with E-state index in [9.17, 15) is 0 Å². The van der Waals surface area contributed by atoms with Gasteiger partial charge in [0.1, 0.15) is 0 Å². The van der Waals surface area contributed by atoms with Gasteiger partial charge in [0.15, 0.2) is 0 Å². The Bertz CT molecular complexity index is 184. The molecule has 0 saturated heterocycles. The fraction of sp³-hybridized carbons (Fsp3) is 0.636. The number of hydrogen-bond acceptors (Lipinski definition) is 0. The maximum absolute atomic E-state index is 2.34. The normalized spacial score (nSPS) is 26.6. The SMILES string of the molecule is C/C=C\C1=C(C)CCC(C)C1. The highest BCUT2D eigenvalue weighted by atomic mass is 14.2. The Morgan fingerprint density at radius 3 is 2.82 bits per heavy atom. The van der Waals surface area contributed by atoms with E-state index < -0.39 is 0 Å². The molecule has 0 heteroatoms. The first-order chi connectivity index (χ1) is 5.24. The molecule has 11 heavy (non-hydrogen) atoms. The van der Waals surface area contributed by atoms with Crippen molar-refractivity contribution in [1.82, 2.24) is 0 Å². The summed E-state index contributed by atoms with van der Waals surface area (Å²) in [7, 11) is 0. The zero-order chi connectivity index (χ0) is 8.27. The van der Waals surface area contributed by atoms with E-state index in [2.05, 4.69) is 32.9 Å². The van der Waals surface area contributed by atoms with Gasteiger partial charge in [-0.25, -0.2) is 0 Å². The van der Waals surface area contributed by atoms with Crippen LogP contribution in [0, 0.1) is 5.92 Å². The lowest BCUT2D eigenvalue weighted by Crippen LogP contribution is -2.04. The Morgan fingerprint density at radius 2 is 2.18 bits per heavy atom. The minimum absolute atomic E-state index is 0.893. The van der Waals surface area contributed by atoms with Crippen LogP contribution >= 0.6 is 0 Å². The first-order valence-corrected chi connectivity index (χ1v) is 4.55. The summed E-state index contributed by atoms with van der Waals surface area (Å²) < 4.78 is 0. The van der Waals surface area contributed by atoms with Gasteiger partial charge in [-0.15, -0.1) is 0 Å². The highest BCUT2D eigenvalue weighted by molar-refractivity contribution is 5.26. The van der Waals surface area contributed by atoms with E-state index in [4.69, 9.17) is 0 Å². The van der Waals surface area contributed by atoms with Crippen LogP contribution in [0.2, 0.25) is 0 Å². The smallest absolute Gasteiger partial charge is 0.0254 e. The van der Waals surface area contributed by atoms with Crippen molar-refractivity contribution in [2.75, 3.05) is 0 Å². The van der Waals surface area contributed by atoms with Crippen molar-refractivity contribution in [3.05, 3.63) is 23.3 Å². The molecule has 1 atom stereocenters. The second kappa shape index (κ2) is 3.75. The van der Waals surface area contributed by atoms with Crippen molar-refractivity contribution >= 4 is 0 Å². The third-order valence-electron chi connectivity index (χ3n) is 2.50. The Labute approximate surface area is 70.0 Å². The van der Waals surface area contributed by atoms with E-state index in [0.29, 0.717) is 0 Å². The lowest BCUT2D eigenvalue weighted by molar-refractivity contribution is 0.502. The molecule has 0 N–H and O–H groups in total. The summed E-state index contributed by atoms with van der Waals surface area (Å²) in [4.78, 5) is 0. The van der Waals surface area contributed by atoms with Crippen LogP contribution in [-0.4, -0.2) is 0 Å². The van der Waals surface area contributed by atoms with Crippen molar-refractivity contribution < 1.29 is 0 Å². The summed E-state index contributed by atoms with van der Waals surface area (Å²) in [5.41, 5.74) is 3.17. The number of rotatable bonds is 1. The summed E-state index contributed by atoms with van der Waals surface area (Å²) in [6, 6.07) is 0. The predicted octanol–water partition coefficient (Wildman–Crippen LogP) is 3.70. The second-order valence-corrected chi connectivity index (χ2v) is 3.65. The summed E-state index contributed by atoms with van der Waals surface area (Å²) in [5, 5.41) is 0. The molecule has 1 aliphatic carbocycles. The number of hydrogen-bond donors (Lipinski definition) is 0. The van der Waals surface area contributed by atoms with E-state index in [0.717, 1.165) is 5.92 Å². The molecule has 0 saturated carbocycles. The fourth-order valence-corrected chi connectivity index (χ4v) is 1.69. The molecular weight excluding hydrogens is 132 g/mol. The Kier molecular flexibility index (Phi) is 2.92. The van der Waals surface area contributed by atoms with Crippen LogP contribution < -0.4 is 0 Å². The molecule has 0 amide bonds. The molecule has 0 aromatic rings. The lowest BCUT2D eigenvalue weighted by atomic mass is 9.85. The third-order valence-corrected chi connectivity index (χ3v) is 2.50. The minimum atomic E-state index is 0.893. The van der Waals surface area contributed by atoms with Gasteiger partial charge in [0, 0.05) is 0 Å². The molecule has 0 aromatic carbocycles. The molecule has 0 aromatic heterocycles. The standard InChI is InChI=1S/C11H18/c1-4-5-11-8-9(2)6-7-10(11)3/h4-5,9H,6-8H2,1-3H3/b5-4-. The second-order valence-electron chi connectivity index (χ2n) is 3.65. The fourth-order valence-electron chi connectivity index (χ4n) is 1.69. The topological polar surface area (TPSA) is 0 Å². The molecule has 0 aliphatic heterocycles. The molecular formula is C11H18. The average Bonchev–Trinajstić information content (AvgIpc) is 1.98. The van der Waals surface area contributed by atoms with Gasteiger partial charge in [0.2, 0.25) is 0 Å². The van der Waals surface area contributed by atoms with Gasteiger partial charge in [-0.2, -0.15) is 0 Å². The monoisotopic (exact) mass is 150 g/mol. The predicted molar refractivity (Wildman–Crippen MR) is 50.5 cm³/mol. The number of allylic oxidation sites excluding steroid dienone is 4. The summed E-state index contributed by atoms with van der Waals surface area (Å²) >= 11 is 0. The van der Waals surface area contributed by atoms with Gasteiger partial charge in [-0.3, -0.25) is 0 Å². The molecule has 1 rings (SSSR count). The van der Waals surface area contributed by atoms with Gasteiger partial charge in [-0.05, 0) is 44.6 Å². The van der Waals surface area contributed by atoms with Gasteiger partial charge in [0.25, 0.3) is 0 Å². The molecule has 0 radical (unpaired) electrons. The van der Waals surface area contributed by atoms with E-state index in [-0.39, 0.29) is 0 Å². The average molecular weight is 150 g/mol. The van der Waals surface area contributed by atoms with Crippen LogP contribution in [0.15, 0.2) is 23.3 Å². The maximum Gasteiger partial charge on any atom is -0.0254 e. The molecule has 62 valence electrons. The Morgan fingerprint density at radius 1 is 1.45 bits per heavy atom. The summed E-state index contributed by atoms with van der Waals surface area (Å²) in [6.45, 7) is 6.71. The van der Waals surface area contributed by atoms with Crippen LogP contribution in [0.25, 0.3) is 0 Å². The molecule has 0 nitrogen and oxygen atoms in total. The molecule has 0 bridgehead atoms. The molecule has 1 aliphatic rings. The van der Waals surface area contributed by atoms with Crippen LogP contribution in [0.3, 0.4) is 0 Å². The van der Waals surface area contributed by atoms with Gasteiger partial charge >= 0.3 is 0 Å². The van der Waals surface area contributed by atoms with E-state index >= 15 is 0 Å². The van der Waals surface area contributed by atoms with E-state index in [1.807, 2.05) is 0 Å². The minimum Gasteiger partial charge on any atom is -0.0874 e.